The van der Waals surface area contributed by atoms with Gasteiger partial charge in [-0.25, -0.2) is 14.5 Å². The molecule has 8 nitrogen and oxygen atoms in total. The molecule has 2 aromatic carbocycles. The van der Waals surface area contributed by atoms with Gasteiger partial charge in [0.25, 0.3) is 5.56 Å². The van der Waals surface area contributed by atoms with Crippen LogP contribution in [0.25, 0.3) is 10.8 Å². The Kier molecular flexibility index (Phi) is 5.44. The van der Waals surface area contributed by atoms with Crippen LogP contribution in [-0.2, 0) is 18.4 Å². The van der Waals surface area contributed by atoms with Crippen molar-refractivity contribution in [2.24, 2.45) is 7.05 Å². The van der Waals surface area contributed by atoms with Gasteiger partial charge in [0.05, 0.1) is 18.2 Å². The van der Waals surface area contributed by atoms with Crippen molar-refractivity contribution in [3.8, 4) is 5.75 Å². The number of thiazole rings is 1. The molecule has 30 heavy (non-hydrogen) atoms. The van der Waals surface area contributed by atoms with Crippen LogP contribution in [0.2, 0.25) is 0 Å². The second kappa shape index (κ2) is 8.34. The van der Waals surface area contributed by atoms with E-state index in [0.29, 0.717) is 21.6 Å². The Morgan fingerprint density at radius 1 is 1.13 bits per heavy atom. The molecule has 0 aliphatic rings. The van der Waals surface area contributed by atoms with Gasteiger partial charge in [0.1, 0.15) is 12.4 Å². The zero-order chi connectivity index (χ0) is 21.1. The first kappa shape index (κ1) is 19.6. The summed E-state index contributed by atoms with van der Waals surface area (Å²) in [4.78, 5) is 29.2. The monoisotopic (exact) mass is 422 g/mol. The van der Waals surface area contributed by atoms with E-state index in [0.717, 1.165) is 16.1 Å². The van der Waals surface area contributed by atoms with Crippen molar-refractivity contribution < 1.29 is 14.3 Å². The largest absolute Gasteiger partial charge is 0.497 e. The van der Waals surface area contributed by atoms with E-state index in [1.54, 1.807) is 31.4 Å². The summed E-state index contributed by atoms with van der Waals surface area (Å²) in [5.41, 5.74) is 1.31. The molecule has 4 aromatic rings. The molecule has 2 heterocycles. The lowest BCUT2D eigenvalue weighted by molar-refractivity contribution is 0.0461. The molecule has 0 atom stereocenters. The zero-order valence-electron chi connectivity index (χ0n) is 16.3. The van der Waals surface area contributed by atoms with E-state index in [9.17, 15) is 9.59 Å². The number of anilines is 2. The summed E-state index contributed by atoms with van der Waals surface area (Å²) in [6.07, 6.45) is 0. The average molecular weight is 422 g/mol. The third-order valence-corrected chi connectivity index (χ3v) is 5.20. The Hall–Kier alpha value is -3.72. The predicted molar refractivity (Wildman–Crippen MR) is 114 cm³/mol. The van der Waals surface area contributed by atoms with E-state index in [2.05, 4.69) is 15.4 Å². The lowest BCUT2D eigenvalue weighted by atomic mass is 10.1. The fraction of sp³-hybridized carbons (Fsp3) is 0.143. The highest BCUT2D eigenvalue weighted by Crippen LogP contribution is 2.23. The van der Waals surface area contributed by atoms with E-state index >= 15 is 0 Å². The fourth-order valence-electron chi connectivity index (χ4n) is 2.89. The summed E-state index contributed by atoms with van der Waals surface area (Å²) in [7, 11) is 3.12. The first-order valence-corrected chi connectivity index (χ1v) is 9.92. The highest BCUT2D eigenvalue weighted by Gasteiger charge is 2.17. The van der Waals surface area contributed by atoms with Crippen LogP contribution in [0.1, 0.15) is 16.2 Å². The van der Waals surface area contributed by atoms with Gasteiger partial charge in [-0.1, -0.05) is 18.2 Å². The van der Waals surface area contributed by atoms with Crippen molar-refractivity contribution in [1.82, 2.24) is 14.8 Å². The van der Waals surface area contributed by atoms with E-state index in [-0.39, 0.29) is 17.9 Å². The quantitative estimate of drug-likeness (QED) is 0.475. The van der Waals surface area contributed by atoms with Crippen LogP contribution < -0.4 is 15.6 Å². The smallest absolute Gasteiger partial charge is 0.359 e. The number of nitrogens with one attached hydrogen (secondary N) is 1. The maximum absolute atomic E-state index is 12.6. The molecule has 0 spiro atoms. The minimum Gasteiger partial charge on any atom is -0.497 e. The molecular formula is C21H18N4O4S. The number of hydrogen-bond acceptors (Lipinski definition) is 8. The number of nitrogens with zero attached hydrogens (tertiary/aromatic N) is 3. The SMILES string of the molecule is COc1ccc(Nc2nc(COC(=O)c3nn(C)c(=O)c4ccccc34)cs2)cc1. The molecule has 0 saturated heterocycles. The van der Waals surface area contributed by atoms with E-state index < -0.39 is 5.97 Å². The maximum Gasteiger partial charge on any atom is 0.359 e. The van der Waals surface area contributed by atoms with Gasteiger partial charge in [-0.15, -0.1) is 11.3 Å². The fourth-order valence-corrected chi connectivity index (χ4v) is 3.60. The van der Waals surface area contributed by atoms with Crippen LogP contribution in [0.5, 0.6) is 5.75 Å². The van der Waals surface area contributed by atoms with Crippen LogP contribution in [0.3, 0.4) is 0 Å². The van der Waals surface area contributed by atoms with E-state index in [4.69, 9.17) is 9.47 Å². The standard InChI is InChI=1S/C21H18N4O4S/c1-25-19(26)17-6-4-3-5-16(17)18(24-25)20(27)29-11-14-12-30-21(23-14)22-13-7-9-15(28-2)10-8-13/h3-10,12H,11H2,1-2H3,(H,22,23). The Bertz CT molecular complexity index is 1260. The third-order valence-electron chi connectivity index (χ3n) is 4.39. The molecule has 0 fully saturated rings. The molecule has 1 N–H and O–H groups in total. The van der Waals surface area contributed by atoms with Gasteiger partial charge in [0.2, 0.25) is 0 Å². The average Bonchev–Trinajstić information content (AvgIpc) is 3.22. The topological polar surface area (TPSA) is 95.3 Å². The molecule has 4 rings (SSSR count). The van der Waals surface area contributed by atoms with Gasteiger partial charge in [0, 0.05) is 23.5 Å². The number of rotatable bonds is 6. The summed E-state index contributed by atoms with van der Waals surface area (Å²) >= 11 is 1.40. The van der Waals surface area contributed by atoms with Gasteiger partial charge in [0.15, 0.2) is 10.8 Å². The number of aromatic nitrogens is 3. The van der Waals surface area contributed by atoms with Gasteiger partial charge in [-0.05, 0) is 30.3 Å². The first-order chi connectivity index (χ1) is 14.5. The summed E-state index contributed by atoms with van der Waals surface area (Å²) in [5.74, 6) is 0.159. The van der Waals surface area contributed by atoms with Crippen LogP contribution in [0, 0.1) is 0 Å². The number of benzene rings is 2. The lowest BCUT2D eigenvalue weighted by Gasteiger charge is -2.07. The molecule has 2 aromatic heterocycles. The molecule has 0 aliphatic heterocycles. The molecule has 0 unspecified atom stereocenters. The number of methoxy groups -OCH3 is 1. The van der Waals surface area contributed by atoms with E-state index in [1.165, 1.54) is 18.4 Å². The Morgan fingerprint density at radius 2 is 1.87 bits per heavy atom. The molecule has 9 heteroatoms. The van der Waals surface area contributed by atoms with Crippen molar-refractivity contribution in [1.29, 1.82) is 0 Å². The van der Waals surface area contributed by atoms with E-state index in [1.807, 2.05) is 29.6 Å². The predicted octanol–water partition coefficient (Wildman–Crippen LogP) is 3.50. The minimum atomic E-state index is -0.612. The van der Waals surface area contributed by atoms with Gasteiger partial charge < -0.3 is 14.8 Å². The number of carbonyl (C=O) groups excluding carboxylic acids is 1. The minimum absolute atomic E-state index is 0.00151. The third kappa shape index (κ3) is 4.01. The number of esters is 1. The van der Waals surface area contributed by atoms with Crippen molar-refractivity contribution in [3.63, 3.8) is 0 Å². The first-order valence-electron chi connectivity index (χ1n) is 9.04. The second-order valence-corrected chi connectivity index (χ2v) is 7.25. The highest BCUT2D eigenvalue weighted by molar-refractivity contribution is 7.13. The number of ether oxygens (including phenoxy) is 2. The molecule has 0 bridgehead atoms. The molecule has 152 valence electrons. The second-order valence-electron chi connectivity index (χ2n) is 6.40. The van der Waals surface area contributed by atoms with Crippen molar-refractivity contribution in [2.75, 3.05) is 12.4 Å². The highest BCUT2D eigenvalue weighted by atomic mass is 32.1. The van der Waals surface area contributed by atoms with Gasteiger partial charge >= 0.3 is 5.97 Å². The number of aryl methyl sites for hydroxylation is 1. The number of hydrogen-bond donors (Lipinski definition) is 1. The molecular weight excluding hydrogens is 404 g/mol. The van der Waals surface area contributed by atoms with Gasteiger partial charge in [-0.3, -0.25) is 4.79 Å². The van der Waals surface area contributed by atoms with Crippen molar-refractivity contribution >= 4 is 38.9 Å². The number of carbonyl (C=O) groups is 1. The molecule has 0 amide bonds. The zero-order valence-corrected chi connectivity index (χ0v) is 17.1. The lowest BCUT2D eigenvalue weighted by Crippen LogP contribution is -2.23. The molecule has 0 aliphatic carbocycles. The van der Waals surface area contributed by atoms with Crippen LogP contribution in [-0.4, -0.2) is 27.8 Å². The van der Waals surface area contributed by atoms with Crippen LogP contribution in [0.15, 0.2) is 58.7 Å². The van der Waals surface area contributed by atoms with Crippen molar-refractivity contribution in [2.45, 2.75) is 6.61 Å². The Balaban J connectivity index is 1.45. The summed E-state index contributed by atoms with van der Waals surface area (Å²) < 4.78 is 11.7. The van der Waals surface area contributed by atoms with Crippen LogP contribution in [0.4, 0.5) is 10.8 Å². The molecule has 0 saturated carbocycles. The Labute approximate surface area is 175 Å². The summed E-state index contributed by atoms with van der Waals surface area (Å²) in [6, 6.07) is 14.3. The summed E-state index contributed by atoms with van der Waals surface area (Å²) in [6.45, 7) is -0.00151. The van der Waals surface area contributed by atoms with Crippen LogP contribution >= 0.6 is 11.3 Å². The Morgan fingerprint density at radius 3 is 2.60 bits per heavy atom. The van der Waals surface area contributed by atoms with Gasteiger partial charge in [-0.2, -0.15) is 5.10 Å². The van der Waals surface area contributed by atoms with Crippen molar-refractivity contribution in [3.05, 3.63) is 75.7 Å². The number of fused-ring (bicyclic) bond motifs is 1. The summed E-state index contributed by atoms with van der Waals surface area (Å²) in [5, 5.41) is 10.6. The molecule has 0 radical (unpaired) electrons. The maximum atomic E-state index is 12.6. The normalized spacial score (nSPS) is 10.7.